The van der Waals surface area contributed by atoms with Crippen molar-refractivity contribution < 1.29 is 27.8 Å². The van der Waals surface area contributed by atoms with E-state index in [9.17, 15) is 23.1 Å². The number of ketones is 1. The van der Waals surface area contributed by atoms with E-state index in [1.807, 2.05) is 0 Å². The molecule has 1 saturated carbocycles. The molecule has 0 radical (unpaired) electrons. The number of carbonyl (C=O) groups is 1. The van der Waals surface area contributed by atoms with Gasteiger partial charge in [-0.3, -0.25) is 9.78 Å². The van der Waals surface area contributed by atoms with Gasteiger partial charge >= 0.3 is 0 Å². The number of carbonyl (C=O) groups excluding carboxylic acids is 1. The first-order chi connectivity index (χ1) is 16.8. The number of nitrogens with two attached hydrogens (primary N) is 1. The van der Waals surface area contributed by atoms with Crippen LogP contribution in [0.4, 0.5) is 13.2 Å². The topological polar surface area (TPSA) is 98.3 Å². The molecular weight excluding hydrogens is 459 g/mol. The third-order valence-corrected chi connectivity index (χ3v) is 7.01. The lowest BCUT2D eigenvalue weighted by Crippen LogP contribution is -2.58. The fourth-order valence-electron chi connectivity index (χ4n) is 5.14. The second kappa shape index (κ2) is 9.14. The largest absolute Gasteiger partial charge is 0.386 e. The maximum atomic E-state index is 14.4. The van der Waals surface area contributed by atoms with Crippen molar-refractivity contribution in [1.29, 1.82) is 0 Å². The van der Waals surface area contributed by atoms with E-state index in [4.69, 9.17) is 10.5 Å². The first-order valence-corrected chi connectivity index (χ1v) is 11.5. The van der Waals surface area contributed by atoms with E-state index in [-0.39, 0.29) is 18.2 Å². The molecule has 182 valence electrons. The van der Waals surface area contributed by atoms with Crippen molar-refractivity contribution in [2.75, 3.05) is 0 Å². The van der Waals surface area contributed by atoms with Crippen LogP contribution in [0.1, 0.15) is 53.4 Å². The number of halogens is 3. The Morgan fingerprint density at radius 2 is 1.91 bits per heavy atom. The average molecular weight is 483 g/mol. The van der Waals surface area contributed by atoms with E-state index >= 15 is 0 Å². The van der Waals surface area contributed by atoms with Crippen LogP contribution in [0.25, 0.3) is 11.3 Å². The summed E-state index contributed by atoms with van der Waals surface area (Å²) in [6.07, 6.45) is 4.68. The van der Waals surface area contributed by atoms with Gasteiger partial charge < -0.3 is 15.6 Å². The lowest BCUT2D eigenvalue weighted by atomic mass is 9.82. The summed E-state index contributed by atoms with van der Waals surface area (Å²) >= 11 is 0. The summed E-state index contributed by atoms with van der Waals surface area (Å²) in [6.45, 7) is 0. The van der Waals surface area contributed by atoms with Gasteiger partial charge in [0.25, 0.3) is 0 Å². The molecule has 1 saturated heterocycles. The minimum absolute atomic E-state index is 0.134. The molecule has 0 bridgehead atoms. The number of Topliss-reactive ketones (excluding diaryl/α,β-unsaturated/α-hetero) is 1. The van der Waals surface area contributed by atoms with Crippen molar-refractivity contribution in [3.05, 3.63) is 83.1 Å². The Balaban J connectivity index is 1.42. The number of benzene rings is 1. The van der Waals surface area contributed by atoms with Gasteiger partial charge in [0, 0.05) is 24.9 Å². The number of aromatic nitrogens is 2. The van der Waals surface area contributed by atoms with Gasteiger partial charge in [-0.15, -0.1) is 0 Å². The molecule has 3 heterocycles. The highest BCUT2D eigenvalue weighted by Crippen LogP contribution is 2.45. The Hall–Kier alpha value is -3.14. The monoisotopic (exact) mass is 483 g/mol. The van der Waals surface area contributed by atoms with Crippen molar-refractivity contribution in [2.45, 2.75) is 56.0 Å². The number of aliphatic hydroxyl groups is 1. The zero-order valence-corrected chi connectivity index (χ0v) is 18.8. The van der Waals surface area contributed by atoms with Crippen molar-refractivity contribution in [3.8, 4) is 11.3 Å². The van der Waals surface area contributed by atoms with E-state index < -0.39 is 52.2 Å². The summed E-state index contributed by atoms with van der Waals surface area (Å²) in [5, 5.41) is 10.9. The predicted molar refractivity (Wildman–Crippen MR) is 121 cm³/mol. The van der Waals surface area contributed by atoms with Crippen LogP contribution in [0, 0.1) is 17.5 Å². The maximum Gasteiger partial charge on any atom is 0.185 e. The third kappa shape index (κ3) is 4.24. The van der Waals surface area contributed by atoms with Crippen LogP contribution in [0.3, 0.4) is 0 Å². The van der Waals surface area contributed by atoms with Crippen LogP contribution in [0.15, 0.2) is 48.8 Å². The van der Waals surface area contributed by atoms with E-state index in [1.54, 1.807) is 18.5 Å². The van der Waals surface area contributed by atoms with E-state index in [0.717, 1.165) is 36.2 Å². The lowest BCUT2D eigenvalue weighted by molar-refractivity contribution is -0.171. The maximum absolute atomic E-state index is 14.4. The molecule has 1 aliphatic heterocycles. The minimum atomic E-state index is -1.05. The summed E-state index contributed by atoms with van der Waals surface area (Å²) in [4.78, 5) is 21.2. The van der Waals surface area contributed by atoms with Crippen LogP contribution in [0.5, 0.6) is 0 Å². The number of rotatable bonds is 5. The molecule has 6 nitrogen and oxygen atoms in total. The smallest absolute Gasteiger partial charge is 0.185 e. The molecule has 0 amide bonds. The molecule has 35 heavy (non-hydrogen) atoms. The van der Waals surface area contributed by atoms with Gasteiger partial charge in [0.2, 0.25) is 0 Å². The second-order valence-corrected chi connectivity index (χ2v) is 9.14. The molecule has 2 fully saturated rings. The highest BCUT2D eigenvalue weighted by atomic mass is 19.1. The van der Waals surface area contributed by atoms with Crippen LogP contribution in [0.2, 0.25) is 0 Å². The molecule has 3 aromatic rings. The van der Waals surface area contributed by atoms with Gasteiger partial charge in [-0.2, -0.15) is 0 Å². The van der Waals surface area contributed by atoms with E-state index in [0.29, 0.717) is 24.8 Å². The molecule has 3 N–H and O–H groups in total. The first-order valence-electron chi connectivity index (χ1n) is 11.5. The van der Waals surface area contributed by atoms with E-state index in [2.05, 4.69) is 9.97 Å². The second-order valence-electron chi connectivity index (χ2n) is 9.14. The Labute approximate surface area is 200 Å². The zero-order chi connectivity index (χ0) is 24.7. The zero-order valence-electron chi connectivity index (χ0n) is 18.8. The molecule has 2 aliphatic rings. The fraction of sp³-hybridized carbons (Fsp3) is 0.346. The standard InChI is InChI=1S/C26H24F3N3O3/c27-16-3-1-4-17(28)24(16)25-18(29)6-7-19(32-25)20(33)11-14-13-31-10-8-15(14)21-12-22(30)26(34)9-2-5-23(26)35-21/h1,3-4,6-8,10,13,21-23,34H,2,5,9,11-12,30H2/t21-,22-,23-,26+/m1/s1. The molecule has 1 aliphatic carbocycles. The SMILES string of the molecule is N[C@@H]1C[C@H](c2ccncc2CC(=O)c2ccc(F)c(-c3c(F)cccc3F)n2)O[C@@H]2CCC[C@]12O. The average Bonchev–Trinajstić information content (AvgIpc) is 3.22. The number of fused-ring (bicyclic) bond motifs is 1. The van der Waals surface area contributed by atoms with Crippen LogP contribution in [-0.2, 0) is 11.2 Å². The van der Waals surface area contributed by atoms with Gasteiger partial charge in [0.15, 0.2) is 5.78 Å². The van der Waals surface area contributed by atoms with Crippen LogP contribution in [-0.4, -0.2) is 38.6 Å². The molecule has 4 atom stereocenters. The predicted octanol–water partition coefficient (Wildman–Crippen LogP) is 4.06. The normalized spacial score (nSPS) is 25.9. The Kier molecular flexibility index (Phi) is 6.16. The van der Waals surface area contributed by atoms with Gasteiger partial charge in [-0.1, -0.05) is 6.07 Å². The van der Waals surface area contributed by atoms with Crippen LogP contribution >= 0.6 is 0 Å². The molecule has 0 spiro atoms. The molecule has 0 unspecified atom stereocenters. The summed E-state index contributed by atoms with van der Waals surface area (Å²) in [7, 11) is 0. The minimum Gasteiger partial charge on any atom is -0.386 e. The Bertz CT molecular complexity index is 1270. The quantitative estimate of drug-likeness (QED) is 0.531. The number of ether oxygens (including phenoxy) is 1. The van der Waals surface area contributed by atoms with Gasteiger partial charge in [0.05, 0.1) is 17.8 Å². The summed E-state index contributed by atoms with van der Waals surface area (Å²) in [5.41, 5.74) is 5.23. The van der Waals surface area contributed by atoms with Crippen molar-refractivity contribution in [2.24, 2.45) is 5.73 Å². The summed E-state index contributed by atoms with van der Waals surface area (Å²) in [6, 6.07) is 6.58. The van der Waals surface area contributed by atoms with Gasteiger partial charge in [-0.25, -0.2) is 18.2 Å². The molecular formula is C26H24F3N3O3. The molecule has 2 aromatic heterocycles. The molecule has 9 heteroatoms. The van der Waals surface area contributed by atoms with Crippen LogP contribution < -0.4 is 5.73 Å². The third-order valence-electron chi connectivity index (χ3n) is 7.01. The first kappa shape index (κ1) is 23.6. The number of hydrogen-bond donors (Lipinski definition) is 2. The highest BCUT2D eigenvalue weighted by molar-refractivity contribution is 5.96. The summed E-state index contributed by atoms with van der Waals surface area (Å²) < 4.78 is 49.1. The van der Waals surface area contributed by atoms with Crippen molar-refractivity contribution in [3.63, 3.8) is 0 Å². The number of pyridine rings is 2. The molecule has 1 aromatic carbocycles. The number of hydrogen-bond acceptors (Lipinski definition) is 6. The van der Waals surface area contributed by atoms with Gasteiger partial charge in [0.1, 0.15) is 34.4 Å². The molecule has 5 rings (SSSR count). The van der Waals surface area contributed by atoms with Crippen molar-refractivity contribution >= 4 is 5.78 Å². The fourth-order valence-corrected chi connectivity index (χ4v) is 5.14. The lowest BCUT2D eigenvalue weighted by Gasteiger charge is -2.44. The Morgan fingerprint density at radius 1 is 1.14 bits per heavy atom. The van der Waals surface area contributed by atoms with Crippen molar-refractivity contribution in [1.82, 2.24) is 9.97 Å². The summed E-state index contributed by atoms with van der Waals surface area (Å²) in [5.74, 6) is -3.38. The number of nitrogens with zero attached hydrogens (tertiary/aromatic N) is 2. The van der Waals surface area contributed by atoms with Gasteiger partial charge in [-0.05, 0) is 67.1 Å². The Morgan fingerprint density at radius 3 is 2.69 bits per heavy atom. The van der Waals surface area contributed by atoms with E-state index in [1.165, 1.54) is 6.07 Å². The highest BCUT2D eigenvalue weighted by Gasteiger charge is 2.51.